The number of amides is 1. The molecule has 0 spiro atoms. The molecule has 174 valence electrons. The predicted octanol–water partition coefficient (Wildman–Crippen LogP) is 5.10. The number of sulfone groups is 1. The van der Waals surface area contributed by atoms with Crippen LogP contribution in [-0.4, -0.2) is 26.5 Å². The predicted molar refractivity (Wildman–Crippen MR) is 127 cm³/mol. The summed E-state index contributed by atoms with van der Waals surface area (Å²) in [6.07, 6.45) is 0.745. The van der Waals surface area contributed by atoms with Crippen LogP contribution in [0.2, 0.25) is 0 Å². The number of hydrogen-bond donors (Lipinski definition) is 1. The molecular formula is C26H29NO5S. The lowest BCUT2D eigenvalue weighted by molar-refractivity contribution is 0.116. The van der Waals surface area contributed by atoms with Gasteiger partial charge in [0.05, 0.1) is 11.5 Å². The summed E-state index contributed by atoms with van der Waals surface area (Å²) in [5.41, 5.74) is 1.91. The van der Waals surface area contributed by atoms with Crippen molar-refractivity contribution in [2.75, 3.05) is 6.61 Å². The van der Waals surface area contributed by atoms with Gasteiger partial charge in [0, 0.05) is 6.61 Å². The van der Waals surface area contributed by atoms with Gasteiger partial charge in [0.25, 0.3) is 0 Å². The van der Waals surface area contributed by atoms with Crippen LogP contribution in [0.3, 0.4) is 0 Å². The maximum atomic E-state index is 13.1. The molecule has 7 heteroatoms. The summed E-state index contributed by atoms with van der Waals surface area (Å²) in [6, 6.07) is 27.2. The van der Waals surface area contributed by atoms with Gasteiger partial charge in [-0.1, -0.05) is 78.9 Å². The van der Waals surface area contributed by atoms with Crippen molar-refractivity contribution in [2.45, 2.75) is 42.7 Å². The second-order valence-electron chi connectivity index (χ2n) is 7.59. The number of nitrogens with one attached hydrogen (secondary N) is 1. The molecule has 3 aromatic carbocycles. The van der Waals surface area contributed by atoms with Gasteiger partial charge in [-0.05, 0) is 42.5 Å². The molecule has 0 saturated carbocycles. The molecule has 0 heterocycles. The largest absolute Gasteiger partial charge is 0.445 e. The lowest BCUT2D eigenvalue weighted by Gasteiger charge is -2.19. The molecule has 3 aromatic rings. The summed E-state index contributed by atoms with van der Waals surface area (Å²) in [5.74, 6) is 0. The van der Waals surface area contributed by atoms with E-state index in [1.165, 1.54) is 12.1 Å². The quantitative estimate of drug-likeness (QED) is 0.375. The fourth-order valence-electron chi connectivity index (χ4n) is 3.27. The van der Waals surface area contributed by atoms with Crippen LogP contribution in [0.5, 0.6) is 0 Å². The molecule has 1 N–H and O–H groups in total. The first-order valence-corrected chi connectivity index (χ1v) is 12.5. The van der Waals surface area contributed by atoms with Gasteiger partial charge in [0.1, 0.15) is 12.0 Å². The maximum Gasteiger partial charge on any atom is 0.408 e. The summed E-state index contributed by atoms with van der Waals surface area (Å²) in [5, 5.41) is 1.47. The van der Waals surface area contributed by atoms with Crippen molar-refractivity contribution in [2.24, 2.45) is 0 Å². The molecule has 6 nitrogen and oxygen atoms in total. The molecule has 1 amide bonds. The summed E-state index contributed by atoms with van der Waals surface area (Å²) in [4.78, 5) is 12.5. The van der Waals surface area contributed by atoms with Crippen molar-refractivity contribution >= 4 is 15.9 Å². The lowest BCUT2D eigenvalue weighted by atomic mass is 10.2. The highest BCUT2D eigenvalue weighted by molar-refractivity contribution is 7.92. The fraction of sp³-hybridized carbons (Fsp3) is 0.269. The Balaban J connectivity index is 1.54. The Morgan fingerprint density at radius 3 is 1.91 bits per heavy atom. The molecule has 33 heavy (non-hydrogen) atoms. The van der Waals surface area contributed by atoms with Gasteiger partial charge < -0.3 is 14.8 Å². The molecule has 0 aromatic heterocycles. The van der Waals surface area contributed by atoms with Crippen molar-refractivity contribution < 1.29 is 22.7 Å². The van der Waals surface area contributed by atoms with Crippen LogP contribution in [0.4, 0.5) is 4.79 Å². The van der Waals surface area contributed by atoms with Gasteiger partial charge in [-0.25, -0.2) is 13.2 Å². The van der Waals surface area contributed by atoms with E-state index in [0.29, 0.717) is 26.1 Å². The lowest BCUT2D eigenvalue weighted by Crippen LogP contribution is -2.41. The van der Waals surface area contributed by atoms with Gasteiger partial charge in [-0.2, -0.15) is 0 Å². The average Bonchev–Trinajstić information content (AvgIpc) is 2.86. The minimum Gasteiger partial charge on any atom is -0.445 e. The molecule has 0 radical (unpaired) electrons. The Morgan fingerprint density at radius 1 is 0.758 bits per heavy atom. The van der Waals surface area contributed by atoms with Crippen LogP contribution >= 0.6 is 0 Å². The molecule has 0 aliphatic heterocycles. The van der Waals surface area contributed by atoms with E-state index < -0.39 is 21.3 Å². The molecule has 1 unspecified atom stereocenters. The number of carbonyl (C=O) groups excluding carboxylic acids is 1. The van der Waals surface area contributed by atoms with E-state index in [9.17, 15) is 13.2 Å². The zero-order chi connectivity index (χ0) is 23.4. The summed E-state index contributed by atoms with van der Waals surface area (Å²) < 4.78 is 37.2. The highest BCUT2D eigenvalue weighted by atomic mass is 32.2. The van der Waals surface area contributed by atoms with E-state index in [4.69, 9.17) is 9.47 Å². The van der Waals surface area contributed by atoms with Gasteiger partial charge in [0.15, 0.2) is 9.84 Å². The van der Waals surface area contributed by atoms with Gasteiger partial charge in [-0.15, -0.1) is 0 Å². The van der Waals surface area contributed by atoms with Crippen molar-refractivity contribution in [1.82, 2.24) is 5.32 Å². The van der Waals surface area contributed by atoms with Crippen molar-refractivity contribution in [3.05, 3.63) is 102 Å². The first kappa shape index (κ1) is 24.5. The third-order valence-electron chi connectivity index (χ3n) is 5.05. The van der Waals surface area contributed by atoms with Gasteiger partial charge in [-0.3, -0.25) is 0 Å². The highest BCUT2D eigenvalue weighted by Gasteiger charge is 2.29. The molecule has 0 aliphatic carbocycles. The number of benzene rings is 3. The maximum absolute atomic E-state index is 13.1. The van der Waals surface area contributed by atoms with Crippen molar-refractivity contribution in [3.8, 4) is 0 Å². The topological polar surface area (TPSA) is 81.7 Å². The van der Waals surface area contributed by atoms with Gasteiger partial charge in [0.2, 0.25) is 0 Å². The van der Waals surface area contributed by atoms with Crippen LogP contribution < -0.4 is 5.32 Å². The number of rotatable bonds is 12. The summed E-state index contributed by atoms with van der Waals surface area (Å²) in [7, 11) is -3.77. The monoisotopic (exact) mass is 467 g/mol. The number of carbonyl (C=O) groups is 1. The second-order valence-corrected chi connectivity index (χ2v) is 9.72. The van der Waals surface area contributed by atoms with Crippen molar-refractivity contribution in [3.63, 3.8) is 0 Å². The van der Waals surface area contributed by atoms with E-state index in [1.807, 2.05) is 60.7 Å². The van der Waals surface area contributed by atoms with Crippen LogP contribution in [-0.2, 0) is 32.5 Å². The number of ether oxygens (including phenoxy) is 2. The second kappa shape index (κ2) is 12.8. The van der Waals surface area contributed by atoms with E-state index >= 15 is 0 Å². The Hall–Kier alpha value is -3.16. The Bertz CT molecular complexity index is 1070. The number of unbranched alkanes of at least 4 members (excludes halogenated alkanes) is 1. The molecule has 0 aliphatic rings. The Morgan fingerprint density at radius 2 is 1.30 bits per heavy atom. The minimum absolute atomic E-state index is 0.0676. The van der Waals surface area contributed by atoms with E-state index in [2.05, 4.69) is 5.32 Å². The summed E-state index contributed by atoms with van der Waals surface area (Å²) in [6.45, 7) is 1.08. The molecular weight excluding hydrogens is 438 g/mol. The standard InChI is InChI=1S/C26H29NO5S/c28-26(32-21-23-14-6-2-7-15-23)27-25(33(29,30)24-16-8-3-9-17-24)18-10-11-19-31-20-22-12-4-1-5-13-22/h1-9,12-17,25H,10-11,18-21H2,(H,27,28). The fourth-order valence-corrected chi connectivity index (χ4v) is 4.87. The zero-order valence-electron chi connectivity index (χ0n) is 18.4. The van der Waals surface area contributed by atoms with Crippen LogP contribution in [0, 0.1) is 0 Å². The van der Waals surface area contributed by atoms with E-state index in [-0.39, 0.29) is 17.9 Å². The van der Waals surface area contributed by atoms with Gasteiger partial charge >= 0.3 is 6.09 Å². The molecule has 1 atom stereocenters. The van der Waals surface area contributed by atoms with Crippen LogP contribution in [0.25, 0.3) is 0 Å². The SMILES string of the molecule is O=C(NC(CCCCOCc1ccccc1)S(=O)(=O)c1ccccc1)OCc1ccccc1. The number of alkyl carbamates (subject to hydrolysis) is 1. The van der Waals surface area contributed by atoms with Crippen LogP contribution in [0.1, 0.15) is 30.4 Å². The molecule has 0 saturated heterocycles. The molecule has 0 bridgehead atoms. The first-order valence-electron chi connectivity index (χ1n) is 10.9. The number of hydrogen-bond acceptors (Lipinski definition) is 5. The Labute approximate surface area is 195 Å². The summed E-state index contributed by atoms with van der Waals surface area (Å²) >= 11 is 0. The van der Waals surface area contributed by atoms with Crippen molar-refractivity contribution in [1.29, 1.82) is 0 Å². The zero-order valence-corrected chi connectivity index (χ0v) is 19.2. The first-order chi connectivity index (χ1) is 16.1. The highest BCUT2D eigenvalue weighted by Crippen LogP contribution is 2.19. The molecule has 3 rings (SSSR count). The Kier molecular flexibility index (Phi) is 9.47. The van der Waals surface area contributed by atoms with Crippen LogP contribution in [0.15, 0.2) is 95.9 Å². The third kappa shape index (κ3) is 8.04. The minimum atomic E-state index is -3.77. The normalized spacial score (nSPS) is 12.1. The van der Waals surface area contributed by atoms with E-state index in [0.717, 1.165) is 11.1 Å². The smallest absolute Gasteiger partial charge is 0.408 e. The average molecular weight is 468 g/mol. The molecule has 0 fully saturated rings. The third-order valence-corrected chi connectivity index (χ3v) is 7.09. The van der Waals surface area contributed by atoms with E-state index in [1.54, 1.807) is 18.2 Å².